The minimum atomic E-state index is -0.366. The van der Waals surface area contributed by atoms with Crippen LogP contribution in [-0.2, 0) is 6.54 Å². The molecule has 2 heterocycles. The number of aromatic nitrogens is 1. The van der Waals surface area contributed by atoms with Crippen molar-refractivity contribution in [2.75, 3.05) is 11.9 Å². The number of piperidine rings is 1. The van der Waals surface area contributed by atoms with Crippen LogP contribution in [-0.4, -0.2) is 28.6 Å². The molecule has 1 aromatic heterocycles. The molecule has 150 valence electrons. The van der Waals surface area contributed by atoms with Gasteiger partial charge < -0.3 is 9.84 Å². The van der Waals surface area contributed by atoms with Gasteiger partial charge in [-0.2, -0.15) is 0 Å². The monoisotopic (exact) mass is 393 g/mol. The number of likely N-dealkylation sites (tertiary alicyclic amines) is 1. The van der Waals surface area contributed by atoms with Crippen LogP contribution < -0.4 is 5.32 Å². The molecule has 1 N–H and O–H groups in total. The number of rotatable bonds is 5. The molecule has 29 heavy (non-hydrogen) atoms. The van der Waals surface area contributed by atoms with E-state index in [1.54, 1.807) is 18.2 Å². The Bertz CT molecular complexity index is 984. The molecule has 1 atom stereocenters. The molecule has 1 aliphatic rings. The number of nitrogens with one attached hydrogen (secondary N) is 1. The van der Waals surface area contributed by atoms with Crippen LogP contribution >= 0.6 is 0 Å². The molecule has 6 heteroatoms. The lowest BCUT2D eigenvalue weighted by molar-refractivity contribution is 0.0988. The second-order valence-electron chi connectivity index (χ2n) is 7.55. The highest BCUT2D eigenvalue weighted by molar-refractivity contribution is 6.02. The summed E-state index contributed by atoms with van der Waals surface area (Å²) in [4.78, 5) is 15.0. The Morgan fingerprint density at radius 1 is 1.21 bits per heavy atom. The number of carbonyl (C=O) groups excluding carboxylic acids is 1. The zero-order valence-corrected chi connectivity index (χ0v) is 16.4. The third kappa shape index (κ3) is 4.71. The van der Waals surface area contributed by atoms with Gasteiger partial charge in [-0.1, -0.05) is 23.7 Å². The van der Waals surface area contributed by atoms with E-state index in [1.807, 2.05) is 18.2 Å². The van der Waals surface area contributed by atoms with E-state index in [0.717, 1.165) is 18.8 Å². The zero-order valence-electron chi connectivity index (χ0n) is 16.4. The molecular weight excluding hydrogens is 369 g/mol. The van der Waals surface area contributed by atoms with Crippen LogP contribution in [0.2, 0.25) is 0 Å². The number of nitrogens with zero attached hydrogens (tertiary/aromatic N) is 2. The first kappa shape index (κ1) is 19.3. The average Bonchev–Trinajstić information content (AvgIpc) is 3.21. The summed E-state index contributed by atoms with van der Waals surface area (Å²) in [6, 6.07) is 15.9. The van der Waals surface area contributed by atoms with Crippen molar-refractivity contribution < 1.29 is 13.7 Å². The molecule has 2 aromatic carbocycles. The standard InChI is InChI=1S/C23H24FN3O2/c1-16-5-2-3-12-27(16)15-17-6-4-7-20(13-17)25-23(28)22-14-21(26-29-22)18-8-10-19(24)11-9-18/h4,6-11,13-14,16H,2-3,5,12,15H2,1H3,(H,25,28)/t16-/m0/s1. The average molecular weight is 393 g/mol. The van der Waals surface area contributed by atoms with Gasteiger partial charge in [-0.25, -0.2) is 4.39 Å². The Hall–Kier alpha value is -2.99. The van der Waals surface area contributed by atoms with Crippen molar-refractivity contribution in [2.45, 2.75) is 38.8 Å². The van der Waals surface area contributed by atoms with Crippen LogP contribution in [0.4, 0.5) is 10.1 Å². The zero-order chi connectivity index (χ0) is 20.2. The van der Waals surface area contributed by atoms with Crippen LogP contribution in [0.3, 0.4) is 0 Å². The smallest absolute Gasteiger partial charge is 0.294 e. The second-order valence-corrected chi connectivity index (χ2v) is 7.55. The third-order valence-electron chi connectivity index (χ3n) is 5.39. The van der Waals surface area contributed by atoms with Gasteiger partial charge in [0.1, 0.15) is 11.5 Å². The molecule has 0 aliphatic carbocycles. The second kappa shape index (κ2) is 8.57. The fourth-order valence-corrected chi connectivity index (χ4v) is 3.71. The fraction of sp³-hybridized carbons (Fsp3) is 0.304. The number of amides is 1. The van der Waals surface area contributed by atoms with Gasteiger partial charge in [-0.15, -0.1) is 0 Å². The Morgan fingerprint density at radius 2 is 2.03 bits per heavy atom. The highest BCUT2D eigenvalue weighted by atomic mass is 19.1. The molecule has 0 bridgehead atoms. The number of anilines is 1. The Labute approximate surface area is 169 Å². The minimum Gasteiger partial charge on any atom is -0.350 e. The van der Waals surface area contributed by atoms with E-state index >= 15 is 0 Å². The lowest BCUT2D eigenvalue weighted by Crippen LogP contribution is -2.36. The van der Waals surface area contributed by atoms with E-state index in [2.05, 4.69) is 28.4 Å². The Kier molecular flexibility index (Phi) is 5.71. The number of hydrogen-bond donors (Lipinski definition) is 1. The van der Waals surface area contributed by atoms with E-state index in [-0.39, 0.29) is 17.5 Å². The molecule has 1 amide bonds. The predicted octanol–water partition coefficient (Wildman–Crippen LogP) is 5.11. The maximum atomic E-state index is 13.1. The van der Waals surface area contributed by atoms with E-state index in [0.29, 0.717) is 17.3 Å². The molecule has 4 rings (SSSR count). The largest absolute Gasteiger partial charge is 0.350 e. The van der Waals surface area contributed by atoms with Crippen LogP contribution in [0.1, 0.15) is 42.3 Å². The fourth-order valence-electron chi connectivity index (χ4n) is 3.71. The number of halogens is 1. The van der Waals surface area contributed by atoms with Crippen LogP contribution in [0.25, 0.3) is 11.3 Å². The van der Waals surface area contributed by atoms with E-state index in [1.165, 1.54) is 37.0 Å². The summed E-state index contributed by atoms with van der Waals surface area (Å²) in [5.41, 5.74) is 3.06. The van der Waals surface area contributed by atoms with Crippen LogP contribution in [0.15, 0.2) is 59.1 Å². The van der Waals surface area contributed by atoms with Crippen molar-refractivity contribution in [3.63, 3.8) is 0 Å². The maximum Gasteiger partial charge on any atom is 0.294 e. The maximum absolute atomic E-state index is 13.1. The number of benzene rings is 2. The van der Waals surface area contributed by atoms with Crippen molar-refractivity contribution in [3.05, 3.63) is 71.7 Å². The van der Waals surface area contributed by atoms with Gasteiger partial charge in [-0.05, 0) is 68.3 Å². The van der Waals surface area contributed by atoms with Crippen molar-refractivity contribution >= 4 is 11.6 Å². The molecule has 0 unspecified atom stereocenters. The van der Waals surface area contributed by atoms with Gasteiger partial charge in [0, 0.05) is 29.9 Å². The normalized spacial score (nSPS) is 17.2. The summed E-state index contributed by atoms with van der Waals surface area (Å²) in [6.45, 7) is 4.26. The molecule has 0 spiro atoms. The quantitative estimate of drug-likeness (QED) is 0.655. The van der Waals surface area contributed by atoms with Gasteiger partial charge >= 0.3 is 0 Å². The molecule has 0 saturated carbocycles. The third-order valence-corrected chi connectivity index (χ3v) is 5.39. The highest BCUT2D eigenvalue weighted by Crippen LogP contribution is 2.22. The summed E-state index contributed by atoms with van der Waals surface area (Å²) in [5, 5.41) is 6.79. The summed E-state index contributed by atoms with van der Waals surface area (Å²) in [7, 11) is 0. The van der Waals surface area contributed by atoms with E-state index < -0.39 is 0 Å². The first-order valence-electron chi connectivity index (χ1n) is 9.95. The molecule has 1 fully saturated rings. The molecule has 1 saturated heterocycles. The molecule has 1 aliphatic heterocycles. The molecule has 5 nitrogen and oxygen atoms in total. The lowest BCUT2D eigenvalue weighted by atomic mass is 10.0. The number of carbonyl (C=O) groups is 1. The first-order chi connectivity index (χ1) is 14.1. The first-order valence-corrected chi connectivity index (χ1v) is 9.95. The van der Waals surface area contributed by atoms with Crippen molar-refractivity contribution in [3.8, 4) is 11.3 Å². The summed E-state index contributed by atoms with van der Waals surface area (Å²) >= 11 is 0. The van der Waals surface area contributed by atoms with E-state index in [9.17, 15) is 9.18 Å². The molecule has 3 aromatic rings. The summed E-state index contributed by atoms with van der Waals surface area (Å²) in [6.07, 6.45) is 3.77. The van der Waals surface area contributed by atoms with Crippen LogP contribution in [0, 0.1) is 5.82 Å². The van der Waals surface area contributed by atoms with Crippen molar-refractivity contribution in [1.82, 2.24) is 10.1 Å². The topological polar surface area (TPSA) is 58.4 Å². The van der Waals surface area contributed by atoms with Gasteiger partial charge in [-0.3, -0.25) is 9.69 Å². The molecule has 0 radical (unpaired) electrons. The van der Waals surface area contributed by atoms with Gasteiger partial charge in [0.2, 0.25) is 5.76 Å². The minimum absolute atomic E-state index is 0.111. The predicted molar refractivity (Wildman–Crippen MR) is 110 cm³/mol. The SMILES string of the molecule is C[C@H]1CCCCN1Cc1cccc(NC(=O)c2cc(-c3ccc(F)cc3)no2)c1. The summed E-state index contributed by atoms with van der Waals surface area (Å²) in [5.74, 6) is -0.581. The van der Waals surface area contributed by atoms with Gasteiger partial charge in [0.25, 0.3) is 5.91 Å². The molecular formula is C23H24FN3O2. The van der Waals surface area contributed by atoms with E-state index in [4.69, 9.17) is 4.52 Å². The Balaban J connectivity index is 1.43. The van der Waals surface area contributed by atoms with Gasteiger partial charge in [0.15, 0.2) is 0 Å². The number of hydrogen-bond acceptors (Lipinski definition) is 4. The Morgan fingerprint density at radius 3 is 2.83 bits per heavy atom. The van der Waals surface area contributed by atoms with Crippen molar-refractivity contribution in [1.29, 1.82) is 0 Å². The highest BCUT2D eigenvalue weighted by Gasteiger charge is 2.19. The van der Waals surface area contributed by atoms with Crippen LogP contribution in [0.5, 0.6) is 0 Å². The van der Waals surface area contributed by atoms with Crippen molar-refractivity contribution in [2.24, 2.45) is 0 Å². The lowest BCUT2D eigenvalue weighted by Gasteiger charge is -2.33. The summed E-state index contributed by atoms with van der Waals surface area (Å²) < 4.78 is 18.3. The van der Waals surface area contributed by atoms with Gasteiger partial charge in [0.05, 0.1) is 0 Å².